The molecule has 2 heterocycles. The summed E-state index contributed by atoms with van der Waals surface area (Å²) in [6.45, 7) is 4.96. The Hall–Kier alpha value is -2.66. The summed E-state index contributed by atoms with van der Waals surface area (Å²) < 4.78 is 13.6. The minimum absolute atomic E-state index is 0.109. The van der Waals surface area contributed by atoms with Crippen molar-refractivity contribution in [3.05, 3.63) is 71.2 Å². The number of H-pyrrole nitrogens is 1. The van der Waals surface area contributed by atoms with Crippen LogP contribution in [0.25, 0.3) is 10.9 Å². The molecule has 0 aliphatic carbocycles. The highest BCUT2D eigenvalue weighted by atomic mass is 19.1. The Labute approximate surface area is 171 Å². The number of nitrogens with zero attached hydrogens (tertiary/aromatic N) is 1. The molecule has 2 aromatic carbocycles. The molecule has 1 aromatic heterocycles. The molecule has 4 rings (SSSR count). The molecule has 0 unspecified atom stereocenters. The van der Waals surface area contributed by atoms with Gasteiger partial charge in [0.15, 0.2) is 0 Å². The van der Waals surface area contributed by atoms with Crippen LogP contribution in [0.4, 0.5) is 4.39 Å². The van der Waals surface area contributed by atoms with Crippen LogP contribution in [-0.4, -0.2) is 41.5 Å². The average Bonchev–Trinajstić information content (AvgIpc) is 3.05. The van der Waals surface area contributed by atoms with Crippen LogP contribution in [0, 0.1) is 12.7 Å². The fourth-order valence-electron chi connectivity index (χ4n) is 4.30. The Kier molecular flexibility index (Phi) is 5.95. The SMILES string of the molecule is Cc1[nH]c2ccc(F)cc2c1C(=O)NC1CCN(CCCc2ccccc2)CC1. The summed E-state index contributed by atoms with van der Waals surface area (Å²) in [5, 5.41) is 3.82. The summed E-state index contributed by atoms with van der Waals surface area (Å²) >= 11 is 0. The van der Waals surface area contributed by atoms with Crippen LogP contribution in [0.5, 0.6) is 0 Å². The summed E-state index contributed by atoms with van der Waals surface area (Å²) in [7, 11) is 0. The lowest BCUT2D eigenvalue weighted by molar-refractivity contribution is 0.0912. The maximum atomic E-state index is 13.6. The summed E-state index contributed by atoms with van der Waals surface area (Å²) in [6, 6.07) is 15.3. The molecule has 1 fully saturated rings. The third-order valence-electron chi connectivity index (χ3n) is 5.88. The Balaban J connectivity index is 1.28. The van der Waals surface area contributed by atoms with E-state index in [1.807, 2.05) is 6.92 Å². The van der Waals surface area contributed by atoms with E-state index >= 15 is 0 Å². The number of nitrogens with one attached hydrogen (secondary N) is 2. The molecule has 0 atom stereocenters. The molecule has 0 spiro atoms. The van der Waals surface area contributed by atoms with Crippen molar-refractivity contribution in [2.45, 2.75) is 38.6 Å². The zero-order valence-electron chi connectivity index (χ0n) is 16.9. The van der Waals surface area contributed by atoms with Crippen molar-refractivity contribution in [3.63, 3.8) is 0 Å². The summed E-state index contributed by atoms with van der Waals surface area (Å²) in [5.41, 5.74) is 3.52. The fraction of sp³-hybridized carbons (Fsp3) is 0.375. The minimum atomic E-state index is -0.325. The Morgan fingerprint density at radius 3 is 2.69 bits per heavy atom. The maximum absolute atomic E-state index is 13.6. The Morgan fingerprint density at radius 2 is 1.93 bits per heavy atom. The van der Waals surface area contributed by atoms with Gasteiger partial charge in [-0.25, -0.2) is 4.39 Å². The normalized spacial score (nSPS) is 15.7. The van der Waals surface area contributed by atoms with Crippen molar-refractivity contribution in [3.8, 4) is 0 Å². The number of aromatic nitrogens is 1. The van der Waals surface area contributed by atoms with Gasteiger partial charge in [0.2, 0.25) is 0 Å². The van der Waals surface area contributed by atoms with Crippen LogP contribution in [0.1, 0.15) is 40.9 Å². The van der Waals surface area contributed by atoms with Crippen LogP contribution in [0.3, 0.4) is 0 Å². The quantitative estimate of drug-likeness (QED) is 0.650. The highest BCUT2D eigenvalue weighted by Crippen LogP contribution is 2.23. The number of likely N-dealkylation sites (tertiary alicyclic amines) is 1. The van der Waals surface area contributed by atoms with Crippen LogP contribution >= 0.6 is 0 Å². The van der Waals surface area contributed by atoms with Gasteiger partial charge >= 0.3 is 0 Å². The first kappa shape index (κ1) is 19.6. The lowest BCUT2D eigenvalue weighted by atomic mass is 10.0. The van der Waals surface area contributed by atoms with Crippen LogP contribution in [0.15, 0.2) is 48.5 Å². The lowest BCUT2D eigenvalue weighted by Crippen LogP contribution is -2.45. The fourth-order valence-corrected chi connectivity index (χ4v) is 4.30. The number of aryl methyl sites for hydroxylation is 2. The van der Waals surface area contributed by atoms with Crippen molar-refractivity contribution in [2.75, 3.05) is 19.6 Å². The molecule has 1 aliphatic rings. The second kappa shape index (κ2) is 8.78. The standard InChI is InChI=1S/C24H28FN3O/c1-17-23(21-16-19(25)9-10-22(21)26-17)24(29)27-20-11-14-28(15-12-20)13-5-8-18-6-3-2-4-7-18/h2-4,6-7,9-10,16,20,26H,5,8,11-15H2,1H3,(H,27,29). The molecule has 5 heteroatoms. The number of aromatic amines is 1. The lowest BCUT2D eigenvalue weighted by Gasteiger charge is -2.32. The number of fused-ring (bicyclic) bond motifs is 1. The van der Waals surface area contributed by atoms with E-state index in [0.717, 1.165) is 56.5 Å². The third-order valence-corrected chi connectivity index (χ3v) is 5.88. The molecule has 1 amide bonds. The summed E-state index contributed by atoms with van der Waals surface area (Å²) in [5.74, 6) is -0.434. The number of hydrogen-bond donors (Lipinski definition) is 2. The topological polar surface area (TPSA) is 48.1 Å². The van der Waals surface area contributed by atoms with Gasteiger partial charge in [-0.2, -0.15) is 0 Å². The van der Waals surface area contributed by atoms with Gasteiger partial charge in [0.25, 0.3) is 5.91 Å². The third kappa shape index (κ3) is 4.67. The molecular weight excluding hydrogens is 365 g/mol. The van der Waals surface area contributed by atoms with E-state index in [1.165, 1.54) is 17.7 Å². The van der Waals surface area contributed by atoms with Gasteiger partial charge in [-0.3, -0.25) is 4.79 Å². The van der Waals surface area contributed by atoms with E-state index in [2.05, 4.69) is 45.5 Å². The second-order valence-electron chi connectivity index (χ2n) is 7.99. The van der Waals surface area contributed by atoms with Gasteiger partial charge in [0.1, 0.15) is 5.82 Å². The smallest absolute Gasteiger partial charge is 0.253 e. The summed E-state index contributed by atoms with van der Waals surface area (Å²) in [6.07, 6.45) is 4.16. The monoisotopic (exact) mass is 393 g/mol. The van der Waals surface area contributed by atoms with Crippen molar-refractivity contribution >= 4 is 16.8 Å². The first-order chi connectivity index (χ1) is 14.1. The number of rotatable bonds is 6. The molecule has 0 radical (unpaired) electrons. The number of hydrogen-bond acceptors (Lipinski definition) is 2. The van der Waals surface area contributed by atoms with E-state index in [1.54, 1.807) is 6.07 Å². The summed E-state index contributed by atoms with van der Waals surface area (Å²) in [4.78, 5) is 18.5. The van der Waals surface area contributed by atoms with E-state index < -0.39 is 0 Å². The largest absolute Gasteiger partial charge is 0.358 e. The van der Waals surface area contributed by atoms with Crippen molar-refractivity contribution in [1.29, 1.82) is 0 Å². The van der Waals surface area contributed by atoms with Crippen molar-refractivity contribution in [1.82, 2.24) is 15.2 Å². The zero-order chi connectivity index (χ0) is 20.2. The molecule has 0 bridgehead atoms. The zero-order valence-corrected chi connectivity index (χ0v) is 16.9. The molecular formula is C24H28FN3O. The van der Waals surface area contributed by atoms with Crippen molar-refractivity contribution < 1.29 is 9.18 Å². The first-order valence-corrected chi connectivity index (χ1v) is 10.4. The number of carbonyl (C=O) groups is 1. The van der Waals surface area contributed by atoms with Gasteiger partial charge in [0.05, 0.1) is 5.56 Å². The van der Waals surface area contributed by atoms with Gasteiger partial charge in [-0.1, -0.05) is 30.3 Å². The van der Waals surface area contributed by atoms with Crippen LogP contribution < -0.4 is 5.32 Å². The van der Waals surface area contributed by atoms with Gasteiger partial charge in [0, 0.05) is 35.7 Å². The first-order valence-electron chi connectivity index (χ1n) is 10.4. The molecule has 152 valence electrons. The molecule has 2 N–H and O–H groups in total. The van der Waals surface area contributed by atoms with Crippen LogP contribution in [0.2, 0.25) is 0 Å². The molecule has 4 nitrogen and oxygen atoms in total. The Bertz CT molecular complexity index is 974. The Morgan fingerprint density at radius 1 is 1.17 bits per heavy atom. The highest BCUT2D eigenvalue weighted by Gasteiger charge is 2.23. The van der Waals surface area contributed by atoms with E-state index in [-0.39, 0.29) is 17.8 Å². The van der Waals surface area contributed by atoms with Crippen LogP contribution in [-0.2, 0) is 6.42 Å². The molecule has 0 saturated carbocycles. The van der Waals surface area contributed by atoms with E-state index in [9.17, 15) is 9.18 Å². The number of carbonyl (C=O) groups excluding carboxylic acids is 1. The predicted octanol–water partition coefficient (Wildman–Crippen LogP) is 4.44. The molecule has 1 saturated heterocycles. The van der Waals surface area contributed by atoms with Gasteiger partial charge in [-0.15, -0.1) is 0 Å². The number of benzene rings is 2. The number of piperidine rings is 1. The van der Waals surface area contributed by atoms with Gasteiger partial charge < -0.3 is 15.2 Å². The van der Waals surface area contributed by atoms with Crippen molar-refractivity contribution in [2.24, 2.45) is 0 Å². The maximum Gasteiger partial charge on any atom is 0.253 e. The second-order valence-corrected chi connectivity index (χ2v) is 7.99. The molecule has 1 aliphatic heterocycles. The average molecular weight is 394 g/mol. The van der Waals surface area contributed by atoms with E-state index in [4.69, 9.17) is 0 Å². The number of halogens is 1. The number of amides is 1. The van der Waals surface area contributed by atoms with E-state index in [0.29, 0.717) is 10.9 Å². The molecule has 29 heavy (non-hydrogen) atoms. The molecule has 3 aromatic rings. The van der Waals surface area contributed by atoms with Gasteiger partial charge in [-0.05, 0) is 62.9 Å². The highest BCUT2D eigenvalue weighted by molar-refractivity contribution is 6.08. The minimum Gasteiger partial charge on any atom is -0.358 e. The predicted molar refractivity (Wildman–Crippen MR) is 115 cm³/mol.